The Hall–Kier alpha value is -2.53. The molecule has 1 aliphatic rings. The number of hydrogen-bond donors (Lipinski definition) is 0. The molecule has 0 fully saturated rings. The predicted octanol–water partition coefficient (Wildman–Crippen LogP) is 3.98. The third kappa shape index (κ3) is 2.61. The normalized spacial score (nSPS) is 20.2. The Balaban J connectivity index is 2.09. The number of allylic oxidation sites excluding steroid dienone is 2. The SMILES string of the molecule is CCC1=C(Cc2ccccc2)[N+](C(=O)n2ccnc2)(C(C)C)C=N1. The summed E-state index contributed by atoms with van der Waals surface area (Å²) in [5.74, 6) is 0. The summed E-state index contributed by atoms with van der Waals surface area (Å²) in [6, 6.07) is 10.3. The molecule has 1 aromatic carbocycles. The molecule has 1 atom stereocenters. The first-order chi connectivity index (χ1) is 11.6. The minimum atomic E-state index is -0.0411. The van der Waals surface area contributed by atoms with Crippen LogP contribution in [0.25, 0.3) is 0 Å². The van der Waals surface area contributed by atoms with E-state index < -0.39 is 0 Å². The van der Waals surface area contributed by atoms with Gasteiger partial charge in [0.2, 0.25) is 6.34 Å². The van der Waals surface area contributed by atoms with Crippen molar-refractivity contribution in [1.29, 1.82) is 0 Å². The molecule has 5 nitrogen and oxygen atoms in total. The van der Waals surface area contributed by atoms with Crippen LogP contribution in [0.2, 0.25) is 0 Å². The fourth-order valence-corrected chi connectivity index (χ4v) is 3.23. The second-order valence-electron chi connectivity index (χ2n) is 6.28. The van der Waals surface area contributed by atoms with E-state index in [0.29, 0.717) is 6.42 Å². The van der Waals surface area contributed by atoms with E-state index in [1.807, 2.05) is 18.2 Å². The molecule has 124 valence electrons. The number of carbonyl (C=O) groups excluding carboxylic acids is 1. The predicted molar refractivity (Wildman–Crippen MR) is 94.4 cm³/mol. The molecule has 0 radical (unpaired) electrons. The van der Waals surface area contributed by atoms with Crippen molar-refractivity contribution >= 4 is 12.4 Å². The summed E-state index contributed by atoms with van der Waals surface area (Å²) in [6.45, 7) is 6.20. The van der Waals surface area contributed by atoms with E-state index in [1.54, 1.807) is 29.6 Å². The standard InChI is InChI=1S/C19H23N4O/c1-4-17-18(12-16-8-6-5-7-9-16)23(14-21-17,15(2)3)19(24)22-11-10-20-13-22/h5-11,13-15H,4,12H2,1-3H3/q+1. The molecule has 1 unspecified atom stereocenters. The van der Waals surface area contributed by atoms with Crippen LogP contribution in [0.4, 0.5) is 4.79 Å². The lowest BCUT2D eigenvalue weighted by Gasteiger charge is -2.33. The average Bonchev–Trinajstić information content (AvgIpc) is 3.23. The van der Waals surface area contributed by atoms with Crippen LogP contribution in [-0.2, 0) is 6.42 Å². The highest BCUT2D eigenvalue weighted by Crippen LogP contribution is 2.34. The van der Waals surface area contributed by atoms with E-state index in [0.717, 1.165) is 17.8 Å². The smallest absolute Gasteiger partial charge is 0.245 e. The maximum atomic E-state index is 13.3. The highest BCUT2D eigenvalue weighted by Gasteiger charge is 2.48. The lowest BCUT2D eigenvalue weighted by atomic mass is 10.0. The highest BCUT2D eigenvalue weighted by molar-refractivity contribution is 5.81. The first kappa shape index (κ1) is 16.3. The number of aliphatic imine (C=N–C) groups is 1. The van der Waals surface area contributed by atoms with E-state index in [2.05, 4.69) is 42.9 Å². The fraction of sp³-hybridized carbons (Fsp3) is 0.316. The van der Waals surface area contributed by atoms with Gasteiger partial charge in [-0.1, -0.05) is 37.3 Å². The van der Waals surface area contributed by atoms with E-state index in [4.69, 9.17) is 0 Å². The van der Waals surface area contributed by atoms with E-state index in [1.165, 1.54) is 5.56 Å². The molecule has 1 amide bonds. The van der Waals surface area contributed by atoms with E-state index in [9.17, 15) is 4.79 Å². The molecule has 0 spiro atoms. The summed E-state index contributed by atoms with van der Waals surface area (Å²) in [6.07, 6.45) is 8.20. The van der Waals surface area contributed by atoms with Crippen molar-refractivity contribution in [3.63, 3.8) is 0 Å². The van der Waals surface area contributed by atoms with Crippen molar-refractivity contribution in [3.8, 4) is 0 Å². The minimum Gasteiger partial charge on any atom is -0.245 e. The van der Waals surface area contributed by atoms with Crippen LogP contribution in [0.5, 0.6) is 0 Å². The summed E-state index contributed by atoms with van der Waals surface area (Å²) in [5, 5.41) is 0. The van der Waals surface area contributed by atoms with Crippen molar-refractivity contribution < 1.29 is 9.28 Å². The summed E-state index contributed by atoms with van der Waals surface area (Å²) in [7, 11) is 0. The minimum absolute atomic E-state index is 0.0411. The Kier molecular flexibility index (Phi) is 4.44. The Morgan fingerprint density at radius 3 is 2.58 bits per heavy atom. The first-order valence-electron chi connectivity index (χ1n) is 8.32. The second-order valence-corrected chi connectivity index (χ2v) is 6.28. The van der Waals surface area contributed by atoms with Gasteiger partial charge in [-0.25, -0.2) is 19.3 Å². The number of rotatable bonds is 4. The molecule has 5 heteroatoms. The van der Waals surface area contributed by atoms with Crippen LogP contribution < -0.4 is 0 Å². The maximum Gasteiger partial charge on any atom is 0.439 e. The van der Waals surface area contributed by atoms with Crippen LogP contribution in [0.3, 0.4) is 0 Å². The van der Waals surface area contributed by atoms with Crippen molar-refractivity contribution in [2.24, 2.45) is 4.99 Å². The Morgan fingerprint density at radius 1 is 1.25 bits per heavy atom. The van der Waals surface area contributed by atoms with Gasteiger partial charge in [0.1, 0.15) is 18.1 Å². The largest absolute Gasteiger partial charge is 0.439 e. The molecule has 24 heavy (non-hydrogen) atoms. The zero-order valence-electron chi connectivity index (χ0n) is 14.4. The lowest BCUT2D eigenvalue weighted by molar-refractivity contribution is -0.734. The van der Waals surface area contributed by atoms with Crippen LogP contribution in [-0.4, -0.2) is 32.4 Å². The molecular weight excluding hydrogens is 300 g/mol. The first-order valence-corrected chi connectivity index (χ1v) is 8.32. The van der Waals surface area contributed by atoms with Crippen molar-refractivity contribution in [2.45, 2.75) is 39.7 Å². The zero-order valence-corrected chi connectivity index (χ0v) is 14.4. The van der Waals surface area contributed by atoms with Gasteiger partial charge in [0.25, 0.3) is 0 Å². The zero-order chi connectivity index (χ0) is 17.2. The Labute approximate surface area is 142 Å². The number of carbonyl (C=O) groups is 1. The topological polar surface area (TPSA) is 47.2 Å². The molecule has 0 bridgehead atoms. The number of amides is 1. The van der Waals surface area contributed by atoms with Gasteiger partial charge < -0.3 is 0 Å². The van der Waals surface area contributed by atoms with Gasteiger partial charge in [0, 0.05) is 12.4 Å². The maximum absolute atomic E-state index is 13.3. The lowest BCUT2D eigenvalue weighted by Crippen LogP contribution is -2.56. The van der Waals surface area contributed by atoms with Crippen LogP contribution in [0, 0.1) is 0 Å². The Bertz CT molecular complexity index is 775. The highest BCUT2D eigenvalue weighted by atomic mass is 16.2. The molecule has 1 aromatic heterocycles. The summed E-state index contributed by atoms with van der Waals surface area (Å²) in [4.78, 5) is 21.9. The number of benzene rings is 1. The number of nitrogens with zero attached hydrogens (tertiary/aromatic N) is 4. The van der Waals surface area contributed by atoms with Crippen LogP contribution >= 0.6 is 0 Å². The molecule has 2 heterocycles. The molecule has 1 aliphatic heterocycles. The third-order valence-electron chi connectivity index (χ3n) is 4.58. The Morgan fingerprint density at radius 2 is 2.00 bits per heavy atom. The fourth-order valence-electron chi connectivity index (χ4n) is 3.23. The molecule has 0 aliphatic carbocycles. The van der Waals surface area contributed by atoms with Crippen molar-refractivity contribution in [2.75, 3.05) is 0 Å². The van der Waals surface area contributed by atoms with Gasteiger partial charge in [-0.2, -0.15) is 4.48 Å². The monoisotopic (exact) mass is 323 g/mol. The number of aromatic nitrogens is 2. The van der Waals surface area contributed by atoms with Gasteiger partial charge in [-0.15, -0.1) is 0 Å². The van der Waals surface area contributed by atoms with Gasteiger partial charge in [-0.3, -0.25) is 0 Å². The van der Waals surface area contributed by atoms with Gasteiger partial charge >= 0.3 is 6.03 Å². The second kappa shape index (κ2) is 6.53. The van der Waals surface area contributed by atoms with Crippen molar-refractivity contribution in [3.05, 3.63) is 66.0 Å². The van der Waals surface area contributed by atoms with Gasteiger partial charge in [-0.05, 0) is 25.8 Å². The summed E-state index contributed by atoms with van der Waals surface area (Å²) >= 11 is 0. The van der Waals surface area contributed by atoms with E-state index in [-0.39, 0.29) is 16.6 Å². The van der Waals surface area contributed by atoms with Crippen LogP contribution in [0.1, 0.15) is 32.8 Å². The molecule has 3 rings (SSSR count). The van der Waals surface area contributed by atoms with Gasteiger partial charge in [0.05, 0.1) is 6.42 Å². The molecular formula is C19H23N4O+. The van der Waals surface area contributed by atoms with Crippen LogP contribution in [0.15, 0.2) is 65.4 Å². The quantitative estimate of drug-likeness (QED) is 0.799. The number of imidazole rings is 1. The van der Waals surface area contributed by atoms with Crippen molar-refractivity contribution in [1.82, 2.24) is 9.55 Å². The molecule has 0 saturated carbocycles. The molecule has 0 N–H and O–H groups in total. The number of quaternary nitrogens is 1. The molecule has 2 aromatic rings. The summed E-state index contributed by atoms with van der Waals surface area (Å²) < 4.78 is 1.67. The molecule has 0 saturated heterocycles. The van der Waals surface area contributed by atoms with Gasteiger partial charge in [0.15, 0.2) is 5.70 Å². The number of hydrogen-bond acceptors (Lipinski definition) is 3. The van der Waals surface area contributed by atoms with E-state index >= 15 is 0 Å². The summed E-state index contributed by atoms with van der Waals surface area (Å²) in [5.41, 5.74) is 3.24. The third-order valence-corrected chi connectivity index (χ3v) is 4.58. The average molecular weight is 323 g/mol.